The number of nitrogens with zero attached hydrogens (tertiary/aromatic N) is 1. The van der Waals surface area contributed by atoms with Gasteiger partial charge in [0.25, 0.3) is 0 Å². The van der Waals surface area contributed by atoms with Crippen molar-refractivity contribution < 1.29 is 18.3 Å². The maximum Gasteiger partial charge on any atom is 0.303 e. The highest BCUT2D eigenvalue weighted by molar-refractivity contribution is 7.91. The standard InChI is InChI=1S/C13H21NO4S/c15-13(16)7-9-5-10-1-2-11(6-9)14(10)12-3-4-19(17,18)8-12/h9-12H,1-8H2,(H,15,16). The number of fused-ring (bicyclic) bond motifs is 2. The SMILES string of the molecule is O=C(O)CC1CC2CCC(C1)N2C1CCS(=O)(=O)C1. The third-order valence-corrected chi connectivity index (χ3v) is 6.73. The maximum absolute atomic E-state index is 11.6. The van der Waals surface area contributed by atoms with Crippen LogP contribution in [0.5, 0.6) is 0 Å². The second-order valence-corrected chi connectivity index (χ2v) is 8.55. The summed E-state index contributed by atoms with van der Waals surface area (Å²) in [5, 5.41) is 8.91. The molecule has 3 fully saturated rings. The Kier molecular flexibility index (Phi) is 3.33. The normalized spacial score (nSPS) is 41.5. The van der Waals surface area contributed by atoms with Crippen LogP contribution in [-0.4, -0.2) is 54.0 Å². The van der Waals surface area contributed by atoms with E-state index in [9.17, 15) is 13.2 Å². The number of carbonyl (C=O) groups is 1. The van der Waals surface area contributed by atoms with Gasteiger partial charge >= 0.3 is 5.97 Å². The first-order valence-electron chi connectivity index (χ1n) is 7.14. The molecule has 0 saturated carbocycles. The number of piperidine rings is 1. The lowest BCUT2D eigenvalue weighted by Crippen LogP contribution is -2.49. The Morgan fingerprint density at radius 2 is 1.74 bits per heavy atom. The minimum atomic E-state index is -2.83. The van der Waals surface area contributed by atoms with Gasteiger partial charge in [0.1, 0.15) is 0 Å². The van der Waals surface area contributed by atoms with Crippen LogP contribution in [0, 0.1) is 5.92 Å². The third-order valence-electron chi connectivity index (χ3n) is 4.98. The summed E-state index contributed by atoms with van der Waals surface area (Å²) in [4.78, 5) is 13.3. The van der Waals surface area contributed by atoms with E-state index in [4.69, 9.17) is 5.11 Å². The molecule has 0 aromatic carbocycles. The third kappa shape index (κ3) is 2.65. The maximum atomic E-state index is 11.6. The Morgan fingerprint density at radius 3 is 2.21 bits per heavy atom. The van der Waals surface area contributed by atoms with Crippen molar-refractivity contribution in [2.75, 3.05) is 11.5 Å². The zero-order valence-corrected chi connectivity index (χ0v) is 11.8. The van der Waals surface area contributed by atoms with E-state index in [0.717, 1.165) is 32.1 Å². The number of rotatable bonds is 3. The van der Waals surface area contributed by atoms with Crippen molar-refractivity contribution in [2.24, 2.45) is 5.92 Å². The molecule has 3 aliphatic heterocycles. The molecule has 3 atom stereocenters. The average Bonchev–Trinajstić information content (AvgIpc) is 2.76. The molecule has 19 heavy (non-hydrogen) atoms. The van der Waals surface area contributed by atoms with Crippen LogP contribution < -0.4 is 0 Å². The van der Waals surface area contributed by atoms with Crippen molar-refractivity contribution >= 4 is 15.8 Å². The first-order chi connectivity index (χ1) is 8.94. The van der Waals surface area contributed by atoms with Gasteiger partial charge in [-0.3, -0.25) is 9.69 Å². The predicted octanol–water partition coefficient (Wildman–Crippen LogP) is 0.891. The minimum Gasteiger partial charge on any atom is -0.481 e. The molecule has 2 bridgehead atoms. The second-order valence-electron chi connectivity index (χ2n) is 6.32. The zero-order valence-electron chi connectivity index (χ0n) is 11.0. The summed E-state index contributed by atoms with van der Waals surface area (Å²) in [6.45, 7) is 0. The Balaban J connectivity index is 1.68. The largest absolute Gasteiger partial charge is 0.481 e. The van der Waals surface area contributed by atoms with E-state index in [2.05, 4.69) is 4.90 Å². The molecule has 3 unspecified atom stereocenters. The van der Waals surface area contributed by atoms with Crippen molar-refractivity contribution in [1.82, 2.24) is 4.90 Å². The number of hydrogen-bond acceptors (Lipinski definition) is 4. The van der Waals surface area contributed by atoms with Gasteiger partial charge in [0.2, 0.25) is 0 Å². The van der Waals surface area contributed by atoms with Crippen molar-refractivity contribution in [3.63, 3.8) is 0 Å². The summed E-state index contributed by atoms with van der Waals surface area (Å²) in [5.74, 6) is 0.209. The van der Waals surface area contributed by atoms with Crippen LogP contribution >= 0.6 is 0 Å². The molecule has 108 valence electrons. The molecule has 3 aliphatic rings. The van der Waals surface area contributed by atoms with E-state index in [1.807, 2.05) is 0 Å². The smallest absolute Gasteiger partial charge is 0.303 e. The number of aliphatic carboxylic acids is 1. The van der Waals surface area contributed by atoms with Gasteiger partial charge in [-0.15, -0.1) is 0 Å². The lowest BCUT2D eigenvalue weighted by molar-refractivity contribution is -0.138. The van der Waals surface area contributed by atoms with E-state index in [-0.39, 0.29) is 18.4 Å². The summed E-state index contributed by atoms with van der Waals surface area (Å²) in [6.07, 6.45) is 5.11. The topological polar surface area (TPSA) is 74.7 Å². The molecule has 5 nitrogen and oxygen atoms in total. The van der Waals surface area contributed by atoms with Crippen LogP contribution in [0.15, 0.2) is 0 Å². The fourth-order valence-electron chi connectivity index (χ4n) is 4.35. The number of hydrogen-bond donors (Lipinski definition) is 1. The second kappa shape index (κ2) is 4.74. The van der Waals surface area contributed by atoms with Crippen molar-refractivity contribution in [3.8, 4) is 0 Å². The molecule has 0 amide bonds. The molecule has 3 rings (SSSR count). The van der Waals surface area contributed by atoms with Crippen LogP contribution in [-0.2, 0) is 14.6 Å². The van der Waals surface area contributed by atoms with Gasteiger partial charge in [0, 0.05) is 24.5 Å². The van der Waals surface area contributed by atoms with Gasteiger partial charge < -0.3 is 5.11 Å². The van der Waals surface area contributed by atoms with Crippen molar-refractivity contribution in [2.45, 2.75) is 56.7 Å². The molecule has 0 aromatic rings. The molecule has 0 aromatic heterocycles. The minimum absolute atomic E-state index is 0.188. The molecule has 6 heteroatoms. The molecular formula is C13H21NO4S. The highest BCUT2D eigenvalue weighted by atomic mass is 32.2. The fourth-order valence-corrected chi connectivity index (χ4v) is 6.07. The first kappa shape index (κ1) is 13.4. The van der Waals surface area contributed by atoms with Crippen LogP contribution in [0.1, 0.15) is 38.5 Å². The monoisotopic (exact) mass is 287 g/mol. The molecular weight excluding hydrogens is 266 g/mol. The summed E-state index contributed by atoms with van der Waals surface area (Å²) in [7, 11) is -2.83. The number of carboxylic acid groups (broad SMARTS) is 1. The van der Waals surface area contributed by atoms with Crippen LogP contribution in [0.2, 0.25) is 0 Å². The number of carboxylic acids is 1. The molecule has 3 heterocycles. The van der Waals surface area contributed by atoms with E-state index < -0.39 is 15.8 Å². The number of sulfone groups is 1. The van der Waals surface area contributed by atoms with E-state index in [1.54, 1.807) is 0 Å². The zero-order chi connectivity index (χ0) is 13.6. The summed E-state index contributed by atoms with van der Waals surface area (Å²) >= 11 is 0. The van der Waals surface area contributed by atoms with Crippen molar-refractivity contribution in [1.29, 1.82) is 0 Å². The van der Waals surface area contributed by atoms with Gasteiger partial charge in [-0.05, 0) is 38.0 Å². The Hall–Kier alpha value is -0.620. The predicted molar refractivity (Wildman–Crippen MR) is 70.7 cm³/mol. The first-order valence-corrected chi connectivity index (χ1v) is 8.96. The Labute approximate surface area is 113 Å². The molecule has 0 aliphatic carbocycles. The van der Waals surface area contributed by atoms with E-state index in [0.29, 0.717) is 23.6 Å². The van der Waals surface area contributed by atoms with Crippen LogP contribution in [0.4, 0.5) is 0 Å². The van der Waals surface area contributed by atoms with Gasteiger partial charge in [0.15, 0.2) is 9.84 Å². The fraction of sp³-hybridized carbons (Fsp3) is 0.923. The quantitative estimate of drug-likeness (QED) is 0.834. The van der Waals surface area contributed by atoms with Crippen LogP contribution in [0.25, 0.3) is 0 Å². The average molecular weight is 287 g/mol. The van der Waals surface area contributed by atoms with Crippen LogP contribution in [0.3, 0.4) is 0 Å². The summed E-state index contributed by atoms with van der Waals surface area (Å²) in [5.41, 5.74) is 0. The lowest BCUT2D eigenvalue weighted by Gasteiger charge is -2.41. The van der Waals surface area contributed by atoms with Crippen molar-refractivity contribution in [3.05, 3.63) is 0 Å². The van der Waals surface area contributed by atoms with Gasteiger partial charge in [-0.2, -0.15) is 0 Å². The van der Waals surface area contributed by atoms with E-state index in [1.165, 1.54) is 0 Å². The van der Waals surface area contributed by atoms with Gasteiger partial charge in [-0.1, -0.05) is 0 Å². The molecule has 0 radical (unpaired) electrons. The highest BCUT2D eigenvalue weighted by Gasteiger charge is 2.46. The Bertz CT molecular complexity index is 461. The summed E-state index contributed by atoms with van der Waals surface area (Å²) in [6, 6.07) is 1.02. The highest BCUT2D eigenvalue weighted by Crippen LogP contribution is 2.42. The molecule has 0 spiro atoms. The Morgan fingerprint density at radius 1 is 1.11 bits per heavy atom. The van der Waals surface area contributed by atoms with Gasteiger partial charge in [-0.25, -0.2) is 8.42 Å². The molecule has 1 N–H and O–H groups in total. The molecule has 3 saturated heterocycles. The lowest BCUT2D eigenvalue weighted by atomic mass is 9.87. The van der Waals surface area contributed by atoms with E-state index >= 15 is 0 Å². The van der Waals surface area contributed by atoms with Gasteiger partial charge in [0.05, 0.1) is 11.5 Å². The summed E-state index contributed by atoms with van der Waals surface area (Å²) < 4.78 is 23.2.